The Labute approximate surface area is 117 Å². The number of rotatable bonds is 4. The Morgan fingerprint density at radius 2 is 2.33 bits per heavy atom. The first-order chi connectivity index (χ1) is 8.56. The summed E-state index contributed by atoms with van der Waals surface area (Å²) in [5, 5.41) is 3.54. The Bertz CT molecular complexity index is 411. The molecule has 1 fully saturated rings. The minimum absolute atomic E-state index is 0.205. The summed E-state index contributed by atoms with van der Waals surface area (Å²) in [6.45, 7) is 5.52. The summed E-state index contributed by atoms with van der Waals surface area (Å²) in [5.74, 6) is 0.532. The molecule has 1 aliphatic rings. The van der Waals surface area contributed by atoms with E-state index in [2.05, 4.69) is 40.1 Å². The van der Waals surface area contributed by atoms with Crippen molar-refractivity contribution in [1.29, 1.82) is 0 Å². The molecule has 1 aliphatic heterocycles. The number of hydrogen-bond acceptors (Lipinski definition) is 2. The van der Waals surface area contributed by atoms with E-state index in [0.717, 1.165) is 18.0 Å². The van der Waals surface area contributed by atoms with Crippen LogP contribution in [0.25, 0.3) is 0 Å². The fourth-order valence-corrected chi connectivity index (χ4v) is 2.83. The van der Waals surface area contributed by atoms with Gasteiger partial charge in [-0.25, -0.2) is 4.39 Å². The van der Waals surface area contributed by atoms with Crippen LogP contribution in [0.4, 0.5) is 4.39 Å². The summed E-state index contributed by atoms with van der Waals surface area (Å²) in [6, 6.07) is 5.47. The van der Waals surface area contributed by atoms with Gasteiger partial charge in [0.15, 0.2) is 0 Å². The van der Waals surface area contributed by atoms with Gasteiger partial charge in [0.25, 0.3) is 0 Å². The van der Waals surface area contributed by atoms with Crippen LogP contribution in [0.15, 0.2) is 22.7 Å². The first-order valence-electron chi connectivity index (χ1n) is 6.43. The monoisotopic (exact) mass is 314 g/mol. The lowest BCUT2D eigenvalue weighted by Gasteiger charge is -2.18. The first-order valence-corrected chi connectivity index (χ1v) is 7.22. The fourth-order valence-electron chi connectivity index (χ4n) is 2.44. The van der Waals surface area contributed by atoms with Gasteiger partial charge in [-0.1, -0.05) is 6.07 Å². The third kappa shape index (κ3) is 3.53. The Hall–Kier alpha value is -0.450. The summed E-state index contributed by atoms with van der Waals surface area (Å²) in [5.41, 5.74) is 1.12. The molecule has 1 N–H and O–H groups in total. The molecular weight excluding hydrogens is 295 g/mol. The minimum Gasteiger partial charge on any atom is -0.310 e. The van der Waals surface area contributed by atoms with Crippen molar-refractivity contribution >= 4 is 15.9 Å². The van der Waals surface area contributed by atoms with E-state index in [-0.39, 0.29) is 11.9 Å². The molecule has 0 bridgehead atoms. The highest BCUT2D eigenvalue weighted by molar-refractivity contribution is 9.10. The summed E-state index contributed by atoms with van der Waals surface area (Å²) >= 11 is 3.23. The van der Waals surface area contributed by atoms with Crippen molar-refractivity contribution in [3.63, 3.8) is 0 Å². The van der Waals surface area contributed by atoms with E-state index in [1.54, 1.807) is 0 Å². The molecule has 2 unspecified atom stereocenters. The highest BCUT2D eigenvalue weighted by Crippen LogP contribution is 2.22. The van der Waals surface area contributed by atoms with Crippen molar-refractivity contribution in [3.05, 3.63) is 34.1 Å². The van der Waals surface area contributed by atoms with Crippen LogP contribution in [0.5, 0.6) is 0 Å². The molecule has 0 radical (unpaired) electrons. The minimum atomic E-state index is -0.205. The van der Waals surface area contributed by atoms with Crippen LogP contribution in [0.1, 0.15) is 24.9 Å². The van der Waals surface area contributed by atoms with Crippen LogP contribution in [-0.4, -0.2) is 31.6 Å². The van der Waals surface area contributed by atoms with Crippen LogP contribution >= 0.6 is 15.9 Å². The van der Waals surface area contributed by atoms with E-state index in [4.69, 9.17) is 0 Å². The highest BCUT2D eigenvalue weighted by atomic mass is 79.9. The number of nitrogens with one attached hydrogen (secondary N) is 1. The van der Waals surface area contributed by atoms with Crippen molar-refractivity contribution in [3.8, 4) is 0 Å². The van der Waals surface area contributed by atoms with Gasteiger partial charge in [0, 0.05) is 12.6 Å². The normalized spacial score (nSPS) is 22.3. The number of nitrogens with zero attached hydrogens (tertiary/aromatic N) is 1. The fraction of sp³-hybridized carbons (Fsp3) is 0.571. The largest absolute Gasteiger partial charge is 0.310 e. The van der Waals surface area contributed by atoms with Crippen molar-refractivity contribution in [2.45, 2.75) is 19.4 Å². The van der Waals surface area contributed by atoms with E-state index in [9.17, 15) is 4.39 Å². The Morgan fingerprint density at radius 1 is 1.56 bits per heavy atom. The SMILES string of the molecule is CC(NCC1CCN(C)C1)c1ccc(F)c(Br)c1. The molecule has 2 rings (SSSR count). The van der Waals surface area contributed by atoms with Gasteiger partial charge in [-0.2, -0.15) is 0 Å². The zero-order valence-corrected chi connectivity index (χ0v) is 12.5. The van der Waals surface area contributed by atoms with Gasteiger partial charge in [0.1, 0.15) is 5.82 Å². The molecule has 2 nitrogen and oxygen atoms in total. The van der Waals surface area contributed by atoms with Gasteiger partial charge in [0.2, 0.25) is 0 Å². The lowest BCUT2D eigenvalue weighted by molar-refractivity contribution is 0.382. The predicted molar refractivity (Wildman–Crippen MR) is 76.1 cm³/mol. The molecule has 0 amide bonds. The van der Waals surface area contributed by atoms with E-state index in [1.165, 1.54) is 25.6 Å². The predicted octanol–water partition coefficient (Wildman–Crippen LogP) is 3.19. The van der Waals surface area contributed by atoms with Crippen LogP contribution in [0.3, 0.4) is 0 Å². The van der Waals surface area contributed by atoms with Crippen molar-refractivity contribution in [2.75, 3.05) is 26.7 Å². The summed E-state index contributed by atoms with van der Waals surface area (Å²) in [7, 11) is 2.17. The maximum absolute atomic E-state index is 13.2. The van der Waals surface area contributed by atoms with E-state index >= 15 is 0 Å². The van der Waals surface area contributed by atoms with Crippen molar-refractivity contribution in [2.24, 2.45) is 5.92 Å². The molecule has 1 aromatic carbocycles. The average molecular weight is 315 g/mol. The zero-order valence-electron chi connectivity index (χ0n) is 10.9. The van der Waals surface area contributed by atoms with E-state index in [0.29, 0.717) is 4.47 Å². The standard InChI is InChI=1S/C14H20BrFN2/c1-10(12-3-4-14(16)13(15)7-12)17-8-11-5-6-18(2)9-11/h3-4,7,10-11,17H,5-6,8-9H2,1-2H3. The number of hydrogen-bond donors (Lipinski definition) is 1. The van der Waals surface area contributed by atoms with Gasteiger partial charge in [-0.3, -0.25) is 0 Å². The summed E-state index contributed by atoms with van der Waals surface area (Å²) in [6.07, 6.45) is 1.27. The summed E-state index contributed by atoms with van der Waals surface area (Å²) in [4.78, 5) is 2.37. The smallest absolute Gasteiger partial charge is 0.137 e. The third-order valence-electron chi connectivity index (χ3n) is 3.65. The first kappa shape index (κ1) is 14.0. The number of likely N-dealkylation sites (tertiary alicyclic amines) is 1. The molecule has 4 heteroatoms. The maximum atomic E-state index is 13.2. The molecule has 0 aliphatic carbocycles. The molecule has 1 aromatic rings. The molecule has 18 heavy (non-hydrogen) atoms. The van der Waals surface area contributed by atoms with Crippen LogP contribution in [0.2, 0.25) is 0 Å². The topological polar surface area (TPSA) is 15.3 Å². The Morgan fingerprint density at radius 3 is 2.94 bits per heavy atom. The molecule has 0 saturated carbocycles. The molecule has 0 spiro atoms. The average Bonchev–Trinajstić information content (AvgIpc) is 2.75. The molecule has 0 aromatic heterocycles. The van der Waals surface area contributed by atoms with Crippen LogP contribution in [0, 0.1) is 11.7 Å². The summed E-state index contributed by atoms with van der Waals surface area (Å²) < 4.78 is 13.7. The quantitative estimate of drug-likeness (QED) is 0.918. The van der Waals surface area contributed by atoms with Crippen molar-refractivity contribution < 1.29 is 4.39 Å². The maximum Gasteiger partial charge on any atom is 0.137 e. The molecule has 1 heterocycles. The lowest BCUT2D eigenvalue weighted by atomic mass is 10.1. The van der Waals surface area contributed by atoms with Crippen LogP contribution < -0.4 is 5.32 Å². The number of benzene rings is 1. The second kappa shape index (κ2) is 6.13. The van der Waals surface area contributed by atoms with Gasteiger partial charge in [-0.15, -0.1) is 0 Å². The molecular formula is C14H20BrFN2. The second-order valence-corrected chi connectivity index (χ2v) is 6.07. The van der Waals surface area contributed by atoms with E-state index < -0.39 is 0 Å². The van der Waals surface area contributed by atoms with Gasteiger partial charge < -0.3 is 10.2 Å². The van der Waals surface area contributed by atoms with E-state index in [1.807, 2.05) is 12.1 Å². The van der Waals surface area contributed by atoms with Crippen molar-refractivity contribution in [1.82, 2.24) is 10.2 Å². The van der Waals surface area contributed by atoms with Gasteiger partial charge >= 0.3 is 0 Å². The zero-order chi connectivity index (χ0) is 13.1. The third-order valence-corrected chi connectivity index (χ3v) is 4.25. The second-order valence-electron chi connectivity index (χ2n) is 5.22. The number of halogens is 2. The Balaban J connectivity index is 1.87. The lowest BCUT2D eigenvalue weighted by Crippen LogP contribution is -2.27. The molecule has 100 valence electrons. The molecule has 1 saturated heterocycles. The Kier molecular flexibility index (Phi) is 4.76. The van der Waals surface area contributed by atoms with Gasteiger partial charge in [0.05, 0.1) is 4.47 Å². The van der Waals surface area contributed by atoms with Gasteiger partial charge in [-0.05, 0) is 73.0 Å². The molecule has 2 atom stereocenters. The van der Waals surface area contributed by atoms with Crippen LogP contribution in [-0.2, 0) is 0 Å². The highest BCUT2D eigenvalue weighted by Gasteiger charge is 2.19.